The van der Waals surface area contributed by atoms with Gasteiger partial charge in [0.15, 0.2) is 17.3 Å². The third-order valence-corrected chi connectivity index (χ3v) is 7.21. The van der Waals surface area contributed by atoms with Crippen LogP contribution in [0.3, 0.4) is 0 Å². The molecule has 4 unspecified atom stereocenters. The van der Waals surface area contributed by atoms with E-state index in [-0.39, 0.29) is 30.6 Å². The van der Waals surface area contributed by atoms with Crippen molar-refractivity contribution in [3.8, 4) is 23.3 Å². The van der Waals surface area contributed by atoms with Crippen molar-refractivity contribution >= 4 is 5.78 Å². The van der Waals surface area contributed by atoms with E-state index in [1.165, 1.54) is 0 Å². The van der Waals surface area contributed by atoms with E-state index >= 15 is 0 Å². The average Bonchev–Trinajstić information content (AvgIpc) is 3.17. The molecule has 4 atom stereocenters. The van der Waals surface area contributed by atoms with Crippen molar-refractivity contribution in [1.82, 2.24) is 10.2 Å². The van der Waals surface area contributed by atoms with Gasteiger partial charge < -0.3 is 24.3 Å². The standard InChI is InChI=1S/C28H35N3O5/c1-33-18-24(32)28-23-12-10-21(17-30-28)31(23)14-4-5-25(20-8-6-19(16-29)7-9-20)36-22-11-13-26(34-2)27(15-22)35-3/h6-9,11,13,15,21,23,25,28,30H,4-5,10,12,14,17-18H2,1-3H3. The van der Waals surface area contributed by atoms with E-state index in [2.05, 4.69) is 16.3 Å². The molecule has 36 heavy (non-hydrogen) atoms. The van der Waals surface area contributed by atoms with E-state index in [1.807, 2.05) is 42.5 Å². The lowest BCUT2D eigenvalue weighted by Crippen LogP contribution is -2.61. The fraction of sp³-hybridized carbons (Fsp3) is 0.500. The molecule has 0 radical (unpaired) electrons. The van der Waals surface area contributed by atoms with Crippen LogP contribution in [-0.4, -0.2) is 69.8 Å². The number of nitriles is 1. The second-order valence-electron chi connectivity index (χ2n) is 9.32. The van der Waals surface area contributed by atoms with E-state index in [4.69, 9.17) is 18.9 Å². The van der Waals surface area contributed by atoms with Gasteiger partial charge in [-0.15, -0.1) is 0 Å². The Morgan fingerprint density at radius 3 is 2.58 bits per heavy atom. The van der Waals surface area contributed by atoms with Crippen LogP contribution in [0.1, 0.15) is 42.9 Å². The minimum atomic E-state index is -0.192. The number of hydrogen-bond donors (Lipinski definition) is 1. The molecule has 2 bridgehead atoms. The van der Waals surface area contributed by atoms with Crippen molar-refractivity contribution in [1.29, 1.82) is 5.26 Å². The lowest BCUT2D eigenvalue weighted by molar-refractivity contribution is -0.127. The number of ether oxygens (including phenoxy) is 4. The summed E-state index contributed by atoms with van der Waals surface area (Å²) in [5.74, 6) is 2.07. The number of hydrogen-bond acceptors (Lipinski definition) is 8. The zero-order valence-corrected chi connectivity index (χ0v) is 21.2. The van der Waals surface area contributed by atoms with E-state index in [1.54, 1.807) is 21.3 Å². The molecule has 2 fully saturated rings. The Morgan fingerprint density at radius 1 is 1.11 bits per heavy atom. The summed E-state index contributed by atoms with van der Waals surface area (Å²) < 4.78 is 22.3. The Kier molecular flexibility index (Phi) is 8.81. The third kappa shape index (κ3) is 5.81. The summed E-state index contributed by atoms with van der Waals surface area (Å²) in [6.07, 6.45) is 3.65. The fourth-order valence-electron chi connectivity index (χ4n) is 5.43. The number of carbonyl (C=O) groups excluding carboxylic acids is 1. The summed E-state index contributed by atoms with van der Waals surface area (Å²) in [5.41, 5.74) is 1.63. The zero-order chi connectivity index (χ0) is 25.5. The predicted octanol–water partition coefficient (Wildman–Crippen LogP) is 3.50. The van der Waals surface area contributed by atoms with E-state index < -0.39 is 0 Å². The van der Waals surface area contributed by atoms with Crippen molar-refractivity contribution in [3.05, 3.63) is 53.6 Å². The number of ketones is 1. The Hall–Kier alpha value is -3.12. The van der Waals surface area contributed by atoms with Crippen LogP contribution in [0.15, 0.2) is 42.5 Å². The van der Waals surface area contributed by atoms with Crippen LogP contribution in [0.5, 0.6) is 17.2 Å². The number of Topliss-reactive ketones (excluding diaryl/α,β-unsaturated/α-hetero) is 1. The number of piperazine rings is 1. The molecule has 8 nitrogen and oxygen atoms in total. The van der Waals surface area contributed by atoms with Crippen molar-refractivity contribution < 1.29 is 23.7 Å². The van der Waals surface area contributed by atoms with Gasteiger partial charge in [-0.2, -0.15) is 5.26 Å². The summed E-state index contributed by atoms with van der Waals surface area (Å²) in [4.78, 5) is 15.1. The molecule has 8 heteroatoms. The topological polar surface area (TPSA) is 93.1 Å². The maximum Gasteiger partial charge on any atom is 0.176 e. The SMILES string of the molecule is COCC(=O)C1NCC2CCC1N2CCCC(Oc1ccc(OC)c(OC)c1)c1ccc(C#N)cc1. The predicted molar refractivity (Wildman–Crippen MR) is 135 cm³/mol. The van der Waals surface area contributed by atoms with Gasteiger partial charge in [0.2, 0.25) is 0 Å². The normalized spacial score (nSPS) is 22.0. The number of nitrogens with one attached hydrogen (secondary N) is 1. The first-order valence-electron chi connectivity index (χ1n) is 12.5. The molecule has 4 rings (SSSR count). The second-order valence-corrected chi connectivity index (χ2v) is 9.32. The van der Waals surface area contributed by atoms with Crippen LogP contribution < -0.4 is 19.5 Å². The van der Waals surface area contributed by atoms with Gasteiger partial charge in [0, 0.05) is 31.8 Å². The highest BCUT2D eigenvalue weighted by Crippen LogP contribution is 2.35. The van der Waals surface area contributed by atoms with Gasteiger partial charge in [-0.25, -0.2) is 0 Å². The number of carbonyl (C=O) groups is 1. The number of rotatable bonds is 12. The monoisotopic (exact) mass is 493 g/mol. The molecule has 2 aromatic carbocycles. The summed E-state index contributed by atoms with van der Waals surface area (Å²) in [6, 6.07) is 15.8. The maximum absolute atomic E-state index is 12.6. The van der Waals surface area contributed by atoms with Gasteiger partial charge in [-0.1, -0.05) is 12.1 Å². The van der Waals surface area contributed by atoms with Crippen molar-refractivity contribution in [3.63, 3.8) is 0 Å². The number of nitrogens with zero attached hydrogens (tertiary/aromatic N) is 2. The van der Waals surface area contributed by atoms with Crippen molar-refractivity contribution in [2.45, 2.75) is 49.9 Å². The molecule has 0 saturated carbocycles. The Labute approximate surface area is 213 Å². The van der Waals surface area contributed by atoms with Crippen molar-refractivity contribution in [2.24, 2.45) is 0 Å². The molecule has 0 aromatic heterocycles. The van der Waals surface area contributed by atoms with Gasteiger partial charge >= 0.3 is 0 Å². The fourth-order valence-corrected chi connectivity index (χ4v) is 5.43. The van der Waals surface area contributed by atoms with Crippen LogP contribution in [-0.2, 0) is 9.53 Å². The van der Waals surface area contributed by atoms with Crippen LogP contribution in [0.2, 0.25) is 0 Å². The highest BCUT2D eigenvalue weighted by atomic mass is 16.5. The van der Waals surface area contributed by atoms with Crippen LogP contribution in [0.4, 0.5) is 0 Å². The highest BCUT2D eigenvalue weighted by molar-refractivity contribution is 5.86. The lowest BCUT2D eigenvalue weighted by Gasteiger charge is -2.40. The molecule has 0 amide bonds. The zero-order valence-electron chi connectivity index (χ0n) is 21.2. The Bertz CT molecular complexity index is 1070. The van der Waals surface area contributed by atoms with Gasteiger partial charge in [0.05, 0.1) is 31.9 Å². The molecular weight excluding hydrogens is 458 g/mol. The van der Waals surface area contributed by atoms with Crippen LogP contribution >= 0.6 is 0 Å². The molecular formula is C28H35N3O5. The quantitative estimate of drug-likeness (QED) is 0.480. The van der Waals surface area contributed by atoms with E-state index in [0.717, 1.165) is 44.3 Å². The molecule has 2 saturated heterocycles. The van der Waals surface area contributed by atoms with Gasteiger partial charge in [0.25, 0.3) is 0 Å². The average molecular weight is 494 g/mol. The number of fused-ring (bicyclic) bond motifs is 2. The Balaban J connectivity index is 1.46. The minimum Gasteiger partial charge on any atom is -0.493 e. The molecule has 0 aliphatic carbocycles. The molecule has 2 aliphatic heterocycles. The van der Waals surface area contributed by atoms with Gasteiger partial charge in [-0.3, -0.25) is 9.69 Å². The number of methoxy groups -OCH3 is 3. The van der Waals surface area contributed by atoms with Crippen molar-refractivity contribution in [2.75, 3.05) is 41.0 Å². The first kappa shape index (κ1) is 26.0. The molecule has 2 heterocycles. The summed E-state index contributed by atoms with van der Waals surface area (Å²) >= 11 is 0. The van der Waals surface area contributed by atoms with Crippen LogP contribution in [0, 0.1) is 11.3 Å². The first-order valence-corrected chi connectivity index (χ1v) is 12.5. The highest BCUT2D eigenvalue weighted by Gasteiger charge is 2.44. The summed E-state index contributed by atoms with van der Waals surface area (Å²) in [5, 5.41) is 12.6. The number of benzene rings is 2. The van der Waals surface area contributed by atoms with E-state index in [9.17, 15) is 10.1 Å². The summed E-state index contributed by atoms with van der Waals surface area (Å²) in [7, 11) is 4.78. The summed E-state index contributed by atoms with van der Waals surface area (Å²) in [6.45, 7) is 1.88. The maximum atomic E-state index is 12.6. The first-order chi connectivity index (χ1) is 17.6. The van der Waals surface area contributed by atoms with Gasteiger partial charge in [-0.05, 0) is 62.1 Å². The largest absolute Gasteiger partial charge is 0.493 e. The molecule has 192 valence electrons. The van der Waals surface area contributed by atoms with Crippen LogP contribution in [0.25, 0.3) is 0 Å². The second kappa shape index (κ2) is 12.2. The smallest absolute Gasteiger partial charge is 0.176 e. The molecule has 2 aromatic rings. The third-order valence-electron chi connectivity index (χ3n) is 7.21. The lowest BCUT2D eigenvalue weighted by atomic mass is 9.99. The molecule has 1 N–H and O–H groups in total. The Morgan fingerprint density at radius 2 is 1.89 bits per heavy atom. The van der Waals surface area contributed by atoms with E-state index in [0.29, 0.717) is 28.9 Å². The minimum absolute atomic E-state index is 0.125. The molecule has 0 spiro atoms. The molecule has 2 aliphatic rings. The van der Waals surface area contributed by atoms with Gasteiger partial charge in [0.1, 0.15) is 18.5 Å².